The summed E-state index contributed by atoms with van der Waals surface area (Å²) in [6, 6.07) is 0. The predicted octanol–water partition coefficient (Wildman–Crippen LogP) is 2.42. The van der Waals surface area contributed by atoms with E-state index in [9.17, 15) is 9.59 Å². The second-order valence-corrected chi connectivity index (χ2v) is 4.68. The molecule has 16 heavy (non-hydrogen) atoms. The summed E-state index contributed by atoms with van der Waals surface area (Å²) in [4.78, 5) is 22.6. The summed E-state index contributed by atoms with van der Waals surface area (Å²) in [5.74, 6) is -0.167. The van der Waals surface area contributed by atoms with Crippen molar-refractivity contribution in [2.24, 2.45) is 5.41 Å². The molecule has 1 unspecified atom stereocenters. The van der Waals surface area contributed by atoms with Crippen LogP contribution in [-0.4, -0.2) is 18.9 Å². The van der Waals surface area contributed by atoms with Gasteiger partial charge in [0.1, 0.15) is 0 Å². The first kappa shape index (κ1) is 12.7. The molecule has 0 aromatic rings. The minimum absolute atomic E-state index is 0.127. The van der Waals surface area contributed by atoms with Gasteiger partial charge in [0.15, 0.2) is 5.78 Å². The van der Waals surface area contributed by atoms with Crippen molar-refractivity contribution >= 4 is 11.8 Å². The molecule has 0 aliphatic heterocycles. The van der Waals surface area contributed by atoms with Gasteiger partial charge >= 0.3 is 5.97 Å². The molecule has 0 spiro atoms. The Bertz CT molecular complexity index is 365. The van der Waals surface area contributed by atoms with E-state index in [0.29, 0.717) is 18.4 Å². The third-order valence-corrected chi connectivity index (χ3v) is 3.04. The SMILES string of the molecule is C=C(CCC1(C)C=C(C)C(=O)C1)C(=O)OC. The molecule has 1 aliphatic rings. The lowest BCUT2D eigenvalue weighted by Gasteiger charge is -2.20. The van der Waals surface area contributed by atoms with Crippen molar-refractivity contribution in [1.82, 2.24) is 0 Å². The summed E-state index contributed by atoms with van der Waals surface area (Å²) in [7, 11) is 1.35. The summed E-state index contributed by atoms with van der Waals surface area (Å²) < 4.78 is 4.58. The van der Waals surface area contributed by atoms with E-state index in [-0.39, 0.29) is 17.2 Å². The Morgan fingerprint density at radius 2 is 2.25 bits per heavy atom. The number of hydrogen-bond acceptors (Lipinski definition) is 3. The van der Waals surface area contributed by atoms with Crippen molar-refractivity contribution in [2.75, 3.05) is 7.11 Å². The molecule has 0 N–H and O–H groups in total. The van der Waals surface area contributed by atoms with E-state index in [1.807, 2.05) is 19.9 Å². The van der Waals surface area contributed by atoms with Gasteiger partial charge in [-0.05, 0) is 30.8 Å². The molecular formula is C13H18O3. The van der Waals surface area contributed by atoms with Gasteiger partial charge in [-0.2, -0.15) is 0 Å². The van der Waals surface area contributed by atoms with Gasteiger partial charge in [-0.15, -0.1) is 0 Å². The highest BCUT2D eigenvalue weighted by Crippen LogP contribution is 2.38. The number of methoxy groups -OCH3 is 1. The Hall–Kier alpha value is -1.38. The fourth-order valence-electron chi connectivity index (χ4n) is 2.00. The van der Waals surface area contributed by atoms with Crippen LogP contribution in [0.1, 0.15) is 33.1 Å². The highest BCUT2D eigenvalue weighted by molar-refractivity contribution is 5.98. The normalized spacial score (nSPS) is 24.2. The van der Waals surface area contributed by atoms with Crippen LogP contribution in [0.15, 0.2) is 23.8 Å². The molecule has 1 atom stereocenters. The van der Waals surface area contributed by atoms with Gasteiger partial charge < -0.3 is 4.74 Å². The highest BCUT2D eigenvalue weighted by atomic mass is 16.5. The van der Waals surface area contributed by atoms with Crippen LogP contribution in [-0.2, 0) is 14.3 Å². The van der Waals surface area contributed by atoms with Crippen LogP contribution in [0.2, 0.25) is 0 Å². The summed E-state index contributed by atoms with van der Waals surface area (Å²) in [5.41, 5.74) is 1.17. The van der Waals surface area contributed by atoms with Gasteiger partial charge in [0, 0.05) is 12.0 Å². The molecule has 0 heterocycles. The zero-order valence-corrected chi connectivity index (χ0v) is 10.1. The second kappa shape index (κ2) is 4.64. The van der Waals surface area contributed by atoms with Crippen LogP contribution >= 0.6 is 0 Å². The van der Waals surface area contributed by atoms with Crippen molar-refractivity contribution < 1.29 is 14.3 Å². The van der Waals surface area contributed by atoms with Crippen LogP contribution in [0.25, 0.3) is 0 Å². The number of esters is 1. The molecule has 1 rings (SSSR count). The Morgan fingerprint density at radius 1 is 1.62 bits per heavy atom. The van der Waals surface area contributed by atoms with Crippen molar-refractivity contribution in [1.29, 1.82) is 0 Å². The maximum absolute atomic E-state index is 11.4. The zero-order chi connectivity index (χ0) is 12.3. The minimum atomic E-state index is -0.367. The number of carbonyl (C=O) groups excluding carboxylic acids is 2. The largest absolute Gasteiger partial charge is 0.466 e. The number of hydrogen-bond donors (Lipinski definition) is 0. The van der Waals surface area contributed by atoms with Gasteiger partial charge in [0.05, 0.1) is 7.11 Å². The first-order valence-electron chi connectivity index (χ1n) is 5.37. The summed E-state index contributed by atoms with van der Waals surface area (Å²) >= 11 is 0. The van der Waals surface area contributed by atoms with Crippen LogP contribution in [0.4, 0.5) is 0 Å². The summed E-state index contributed by atoms with van der Waals surface area (Å²) in [6.45, 7) is 7.55. The lowest BCUT2D eigenvalue weighted by atomic mass is 9.84. The van der Waals surface area contributed by atoms with Gasteiger partial charge in [-0.1, -0.05) is 19.6 Å². The third-order valence-electron chi connectivity index (χ3n) is 3.04. The molecule has 3 heteroatoms. The minimum Gasteiger partial charge on any atom is -0.466 e. The molecule has 1 aliphatic carbocycles. The number of ketones is 1. The van der Waals surface area contributed by atoms with E-state index in [4.69, 9.17) is 0 Å². The standard InChI is InChI=1S/C13H18O3/c1-9(12(15)16-4)5-6-13(3)7-10(2)11(14)8-13/h7H,1,5-6,8H2,2-4H3. The molecule has 0 saturated heterocycles. The van der Waals surface area contributed by atoms with E-state index < -0.39 is 0 Å². The molecule has 0 amide bonds. The van der Waals surface area contributed by atoms with Crippen LogP contribution in [0.5, 0.6) is 0 Å². The fourth-order valence-corrected chi connectivity index (χ4v) is 2.00. The zero-order valence-electron chi connectivity index (χ0n) is 10.1. The Morgan fingerprint density at radius 3 is 2.69 bits per heavy atom. The number of carbonyl (C=O) groups is 2. The van der Waals surface area contributed by atoms with E-state index in [1.54, 1.807) is 0 Å². The number of allylic oxidation sites excluding steroid dienone is 2. The van der Waals surface area contributed by atoms with Crippen molar-refractivity contribution in [2.45, 2.75) is 33.1 Å². The maximum Gasteiger partial charge on any atom is 0.333 e. The molecular weight excluding hydrogens is 204 g/mol. The first-order chi connectivity index (χ1) is 7.38. The third kappa shape index (κ3) is 2.81. The van der Waals surface area contributed by atoms with Crippen LogP contribution in [0, 0.1) is 5.41 Å². The summed E-state index contributed by atoms with van der Waals surface area (Å²) in [6.07, 6.45) is 3.86. The average Bonchev–Trinajstić information content (AvgIpc) is 2.49. The van der Waals surface area contributed by atoms with Gasteiger partial charge in [0.25, 0.3) is 0 Å². The molecule has 88 valence electrons. The van der Waals surface area contributed by atoms with Crippen molar-refractivity contribution in [3.63, 3.8) is 0 Å². The molecule has 0 saturated carbocycles. The predicted molar refractivity (Wildman–Crippen MR) is 61.9 cm³/mol. The molecule has 0 aromatic carbocycles. The van der Waals surface area contributed by atoms with E-state index in [1.165, 1.54) is 7.11 Å². The van der Waals surface area contributed by atoms with Crippen LogP contribution in [0.3, 0.4) is 0 Å². The van der Waals surface area contributed by atoms with Gasteiger partial charge in [-0.25, -0.2) is 4.79 Å². The van der Waals surface area contributed by atoms with Crippen LogP contribution < -0.4 is 0 Å². The van der Waals surface area contributed by atoms with Gasteiger partial charge in [0.2, 0.25) is 0 Å². The van der Waals surface area contributed by atoms with Gasteiger partial charge in [-0.3, -0.25) is 4.79 Å². The number of ether oxygens (including phenoxy) is 1. The molecule has 0 fully saturated rings. The maximum atomic E-state index is 11.4. The average molecular weight is 222 g/mol. The quantitative estimate of drug-likeness (QED) is 0.542. The van der Waals surface area contributed by atoms with E-state index >= 15 is 0 Å². The lowest BCUT2D eigenvalue weighted by Crippen LogP contribution is -2.14. The Labute approximate surface area is 96.2 Å². The lowest BCUT2D eigenvalue weighted by molar-refractivity contribution is -0.136. The Balaban J connectivity index is 2.54. The molecule has 3 nitrogen and oxygen atoms in total. The van der Waals surface area contributed by atoms with E-state index in [0.717, 1.165) is 12.0 Å². The summed E-state index contributed by atoms with van der Waals surface area (Å²) in [5, 5.41) is 0. The number of Topliss-reactive ketones (excluding diaryl/α,β-unsaturated/α-hetero) is 1. The smallest absolute Gasteiger partial charge is 0.333 e. The Kier molecular flexibility index (Phi) is 3.68. The monoisotopic (exact) mass is 222 g/mol. The number of rotatable bonds is 4. The second-order valence-electron chi connectivity index (χ2n) is 4.68. The van der Waals surface area contributed by atoms with E-state index in [2.05, 4.69) is 11.3 Å². The topological polar surface area (TPSA) is 43.4 Å². The molecule has 0 aromatic heterocycles. The first-order valence-corrected chi connectivity index (χ1v) is 5.37. The fraction of sp³-hybridized carbons (Fsp3) is 0.538. The van der Waals surface area contributed by atoms with Crippen molar-refractivity contribution in [3.05, 3.63) is 23.8 Å². The van der Waals surface area contributed by atoms with Crippen molar-refractivity contribution in [3.8, 4) is 0 Å². The highest BCUT2D eigenvalue weighted by Gasteiger charge is 2.32. The molecule has 0 bridgehead atoms. The molecule has 0 radical (unpaired) electrons.